The third kappa shape index (κ3) is 1.53. The minimum Gasteiger partial charge on any atom is -0.454 e. The zero-order valence-electron chi connectivity index (χ0n) is 7.22. The maximum atomic E-state index is 10.9. The highest BCUT2D eigenvalue weighted by Gasteiger charge is 2.33. The molecule has 0 aromatic heterocycles. The van der Waals surface area contributed by atoms with E-state index in [0.29, 0.717) is 11.5 Å². The summed E-state index contributed by atoms with van der Waals surface area (Å²) in [5.74, 6) is 0.149. The first-order valence-electron chi connectivity index (χ1n) is 3.52. The standard InChI is InChI=1S/C8H12O3/c1-5(9)7-6(2)10-8(3,4)11-7/h1-4H3. The molecule has 1 aliphatic rings. The molecule has 11 heavy (non-hydrogen) atoms. The van der Waals surface area contributed by atoms with Crippen LogP contribution in [0.3, 0.4) is 0 Å². The Labute approximate surface area is 66.0 Å². The third-order valence-corrected chi connectivity index (χ3v) is 1.39. The van der Waals surface area contributed by atoms with Crippen molar-refractivity contribution < 1.29 is 14.3 Å². The fraction of sp³-hybridized carbons (Fsp3) is 0.625. The number of Topliss-reactive ketones (excluding diaryl/α,β-unsaturated/α-hetero) is 1. The van der Waals surface area contributed by atoms with E-state index < -0.39 is 5.79 Å². The highest BCUT2D eigenvalue weighted by atomic mass is 16.7. The summed E-state index contributed by atoms with van der Waals surface area (Å²) in [6, 6.07) is 0. The summed E-state index contributed by atoms with van der Waals surface area (Å²) in [5, 5.41) is 0. The summed E-state index contributed by atoms with van der Waals surface area (Å²) in [5.41, 5.74) is 0. The zero-order chi connectivity index (χ0) is 8.65. The lowest BCUT2D eigenvalue weighted by Crippen LogP contribution is -2.21. The van der Waals surface area contributed by atoms with E-state index >= 15 is 0 Å². The summed E-state index contributed by atoms with van der Waals surface area (Å²) < 4.78 is 10.5. The van der Waals surface area contributed by atoms with Crippen molar-refractivity contribution in [1.29, 1.82) is 0 Å². The van der Waals surface area contributed by atoms with Crippen molar-refractivity contribution >= 4 is 5.78 Å². The van der Waals surface area contributed by atoms with Crippen molar-refractivity contribution in [1.82, 2.24) is 0 Å². The Balaban J connectivity index is 2.84. The van der Waals surface area contributed by atoms with E-state index in [0.717, 1.165) is 0 Å². The van der Waals surface area contributed by atoms with Gasteiger partial charge in [0.05, 0.1) is 0 Å². The Bertz CT molecular complexity index is 225. The molecule has 1 rings (SSSR count). The van der Waals surface area contributed by atoms with E-state index in [1.165, 1.54) is 6.92 Å². The summed E-state index contributed by atoms with van der Waals surface area (Å²) in [4.78, 5) is 10.9. The number of ether oxygens (including phenoxy) is 2. The van der Waals surface area contributed by atoms with Crippen molar-refractivity contribution in [3.8, 4) is 0 Å². The molecule has 0 aliphatic carbocycles. The molecule has 62 valence electrons. The Kier molecular flexibility index (Phi) is 1.66. The average molecular weight is 156 g/mol. The first kappa shape index (κ1) is 8.11. The molecule has 0 unspecified atom stereocenters. The lowest BCUT2D eigenvalue weighted by molar-refractivity contribution is -0.136. The van der Waals surface area contributed by atoms with Gasteiger partial charge in [0.1, 0.15) is 5.76 Å². The van der Waals surface area contributed by atoms with Crippen molar-refractivity contribution in [2.24, 2.45) is 0 Å². The molecule has 1 heterocycles. The van der Waals surface area contributed by atoms with E-state index in [4.69, 9.17) is 9.47 Å². The van der Waals surface area contributed by atoms with Crippen molar-refractivity contribution in [3.05, 3.63) is 11.5 Å². The maximum absolute atomic E-state index is 10.9. The molecule has 0 fully saturated rings. The van der Waals surface area contributed by atoms with Crippen molar-refractivity contribution in [3.63, 3.8) is 0 Å². The zero-order valence-corrected chi connectivity index (χ0v) is 7.22. The second-order valence-electron chi connectivity index (χ2n) is 3.05. The van der Waals surface area contributed by atoms with Gasteiger partial charge in [-0.3, -0.25) is 4.79 Å². The number of carbonyl (C=O) groups is 1. The van der Waals surface area contributed by atoms with E-state index in [2.05, 4.69) is 0 Å². The van der Waals surface area contributed by atoms with Gasteiger partial charge in [0, 0.05) is 20.8 Å². The van der Waals surface area contributed by atoms with Gasteiger partial charge in [0.2, 0.25) is 11.5 Å². The fourth-order valence-corrected chi connectivity index (χ4v) is 1.07. The highest BCUT2D eigenvalue weighted by molar-refractivity contribution is 5.91. The van der Waals surface area contributed by atoms with Crippen LogP contribution < -0.4 is 0 Å². The molecule has 3 nitrogen and oxygen atoms in total. The van der Waals surface area contributed by atoms with Crippen molar-refractivity contribution in [2.75, 3.05) is 0 Å². The van der Waals surface area contributed by atoms with Crippen LogP contribution in [0, 0.1) is 0 Å². The Morgan fingerprint density at radius 3 is 2.09 bits per heavy atom. The van der Waals surface area contributed by atoms with Gasteiger partial charge in [-0.25, -0.2) is 0 Å². The van der Waals surface area contributed by atoms with Crippen LogP contribution in [0.15, 0.2) is 11.5 Å². The van der Waals surface area contributed by atoms with Crippen LogP contribution in [-0.2, 0) is 14.3 Å². The van der Waals surface area contributed by atoms with Gasteiger partial charge in [0.15, 0.2) is 5.78 Å². The van der Waals surface area contributed by atoms with Crippen LogP contribution in [0.5, 0.6) is 0 Å². The van der Waals surface area contributed by atoms with E-state index in [9.17, 15) is 4.79 Å². The van der Waals surface area contributed by atoms with Gasteiger partial charge in [-0.1, -0.05) is 0 Å². The molecule has 0 saturated heterocycles. The summed E-state index contributed by atoms with van der Waals surface area (Å²) >= 11 is 0. The second kappa shape index (κ2) is 2.26. The topological polar surface area (TPSA) is 35.5 Å². The molecule has 0 aromatic rings. The molecule has 0 aromatic carbocycles. The molecule has 1 aliphatic heterocycles. The first-order chi connectivity index (χ1) is 4.92. The van der Waals surface area contributed by atoms with Crippen LogP contribution in [0.25, 0.3) is 0 Å². The minimum absolute atomic E-state index is 0.0897. The normalized spacial score (nSPS) is 21.1. The molecular formula is C8H12O3. The SMILES string of the molecule is CC(=O)C1=C(C)OC(C)(C)O1. The molecule has 0 atom stereocenters. The van der Waals surface area contributed by atoms with Crippen LogP contribution >= 0.6 is 0 Å². The van der Waals surface area contributed by atoms with E-state index in [-0.39, 0.29) is 5.78 Å². The number of ketones is 1. The smallest absolute Gasteiger partial charge is 0.245 e. The number of carbonyl (C=O) groups excluding carboxylic acids is 1. The lowest BCUT2D eigenvalue weighted by Gasteiger charge is -2.17. The molecule has 0 radical (unpaired) electrons. The summed E-state index contributed by atoms with van der Waals surface area (Å²) in [7, 11) is 0. The Morgan fingerprint density at radius 1 is 1.36 bits per heavy atom. The number of hydrogen-bond acceptors (Lipinski definition) is 3. The molecule has 0 bridgehead atoms. The second-order valence-corrected chi connectivity index (χ2v) is 3.05. The molecule has 0 amide bonds. The number of allylic oxidation sites excluding steroid dienone is 2. The van der Waals surface area contributed by atoms with Crippen molar-refractivity contribution in [2.45, 2.75) is 33.5 Å². The summed E-state index contributed by atoms with van der Waals surface area (Å²) in [6.45, 7) is 6.73. The third-order valence-electron chi connectivity index (χ3n) is 1.39. The van der Waals surface area contributed by atoms with Gasteiger partial charge in [-0.05, 0) is 6.92 Å². The predicted octanol–water partition coefficient (Wildman–Crippen LogP) is 1.59. The predicted molar refractivity (Wildman–Crippen MR) is 39.6 cm³/mol. The van der Waals surface area contributed by atoms with Crippen LogP contribution in [0.2, 0.25) is 0 Å². The highest BCUT2D eigenvalue weighted by Crippen LogP contribution is 2.29. The van der Waals surface area contributed by atoms with Crippen LogP contribution in [0.1, 0.15) is 27.7 Å². The van der Waals surface area contributed by atoms with Gasteiger partial charge in [-0.15, -0.1) is 0 Å². The largest absolute Gasteiger partial charge is 0.454 e. The van der Waals surface area contributed by atoms with Crippen LogP contribution in [-0.4, -0.2) is 11.6 Å². The van der Waals surface area contributed by atoms with Gasteiger partial charge in [0.25, 0.3) is 0 Å². The van der Waals surface area contributed by atoms with E-state index in [1.54, 1.807) is 20.8 Å². The summed E-state index contributed by atoms with van der Waals surface area (Å²) in [6.07, 6.45) is 0. The molecule has 0 spiro atoms. The van der Waals surface area contributed by atoms with E-state index in [1.807, 2.05) is 0 Å². The van der Waals surface area contributed by atoms with Gasteiger partial charge >= 0.3 is 0 Å². The maximum Gasteiger partial charge on any atom is 0.245 e. The fourth-order valence-electron chi connectivity index (χ4n) is 1.07. The van der Waals surface area contributed by atoms with Gasteiger partial charge < -0.3 is 9.47 Å². The first-order valence-corrected chi connectivity index (χ1v) is 3.52. The molecular weight excluding hydrogens is 144 g/mol. The lowest BCUT2D eigenvalue weighted by atomic mass is 10.3. The number of hydrogen-bond donors (Lipinski definition) is 0. The Morgan fingerprint density at radius 2 is 1.91 bits per heavy atom. The van der Waals surface area contributed by atoms with Crippen LogP contribution in [0.4, 0.5) is 0 Å². The minimum atomic E-state index is -0.676. The molecule has 3 heteroatoms. The number of rotatable bonds is 1. The Hall–Kier alpha value is -0.990. The average Bonchev–Trinajstić information content (AvgIpc) is 2.05. The monoisotopic (exact) mass is 156 g/mol. The quantitative estimate of drug-likeness (QED) is 0.578. The van der Waals surface area contributed by atoms with Gasteiger partial charge in [-0.2, -0.15) is 0 Å². The molecule has 0 N–H and O–H groups in total. The molecule has 0 saturated carbocycles.